The number of nitrogens with zero attached hydrogens (tertiary/aromatic N) is 2. The second-order valence-corrected chi connectivity index (χ2v) is 5.43. The van der Waals surface area contributed by atoms with E-state index in [0.29, 0.717) is 4.88 Å². The molecule has 0 saturated heterocycles. The molecule has 0 bridgehead atoms. The number of hydrogen-bond donors (Lipinski definition) is 1. The number of aromatic nitrogens is 3. The molecule has 0 amide bonds. The second kappa shape index (κ2) is 4.88. The van der Waals surface area contributed by atoms with Crippen LogP contribution in [0.4, 0.5) is 13.2 Å². The summed E-state index contributed by atoms with van der Waals surface area (Å²) in [6.45, 7) is 0. The van der Waals surface area contributed by atoms with E-state index in [4.69, 9.17) is 11.6 Å². The predicted molar refractivity (Wildman–Crippen MR) is 73.7 cm³/mol. The number of H-pyrrole nitrogens is 1. The largest absolute Gasteiger partial charge is 0.433 e. The van der Waals surface area contributed by atoms with Gasteiger partial charge in [-0.2, -0.15) is 13.2 Å². The molecular weight excluding hydrogens is 327 g/mol. The minimum absolute atomic E-state index is 0.0534. The zero-order valence-corrected chi connectivity index (χ0v) is 11.8. The standard InChI is InChI=1S/C12H7ClF3N3OS/c13-5-6-4-8(20)19-11(17-6)9(7-2-1-3-21-7)10(18-19)12(14,15)16/h1-4,18H,5H2. The maximum Gasteiger partial charge on any atom is 0.433 e. The monoisotopic (exact) mass is 333 g/mol. The summed E-state index contributed by atoms with van der Waals surface area (Å²) >= 11 is 6.77. The lowest BCUT2D eigenvalue weighted by molar-refractivity contribution is -0.140. The van der Waals surface area contributed by atoms with E-state index in [9.17, 15) is 18.0 Å². The van der Waals surface area contributed by atoms with E-state index in [2.05, 4.69) is 10.1 Å². The summed E-state index contributed by atoms with van der Waals surface area (Å²) in [4.78, 5) is 16.3. The Morgan fingerprint density at radius 2 is 2.19 bits per heavy atom. The van der Waals surface area contributed by atoms with Gasteiger partial charge in [0.1, 0.15) is 5.69 Å². The molecule has 0 aliphatic heterocycles. The van der Waals surface area contributed by atoms with Crippen molar-refractivity contribution < 1.29 is 13.2 Å². The van der Waals surface area contributed by atoms with Crippen LogP contribution in [0.15, 0.2) is 28.4 Å². The Balaban J connectivity index is 2.45. The number of nitrogens with one attached hydrogen (secondary N) is 1. The quantitative estimate of drug-likeness (QED) is 0.730. The number of alkyl halides is 4. The normalized spacial score (nSPS) is 12.2. The predicted octanol–water partition coefficient (Wildman–Crippen LogP) is 3.51. The van der Waals surface area contributed by atoms with Crippen molar-refractivity contribution >= 4 is 28.6 Å². The molecule has 3 aromatic rings. The van der Waals surface area contributed by atoms with Crippen LogP contribution in [0.3, 0.4) is 0 Å². The topological polar surface area (TPSA) is 50.2 Å². The Labute approximate surface area is 124 Å². The van der Waals surface area contributed by atoms with Gasteiger partial charge in [0.15, 0.2) is 5.65 Å². The van der Waals surface area contributed by atoms with Crippen molar-refractivity contribution in [3.63, 3.8) is 0 Å². The molecule has 0 saturated carbocycles. The Morgan fingerprint density at radius 1 is 1.43 bits per heavy atom. The molecule has 4 nitrogen and oxygen atoms in total. The van der Waals surface area contributed by atoms with Gasteiger partial charge in [0, 0.05) is 10.9 Å². The maximum absolute atomic E-state index is 13.2. The van der Waals surface area contributed by atoms with Crippen molar-refractivity contribution in [2.45, 2.75) is 12.1 Å². The molecule has 3 heterocycles. The first-order valence-electron chi connectivity index (χ1n) is 5.73. The van der Waals surface area contributed by atoms with Crippen molar-refractivity contribution in [2.24, 2.45) is 0 Å². The molecule has 0 aromatic carbocycles. The van der Waals surface area contributed by atoms with E-state index in [-0.39, 0.29) is 22.8 Å². The lowest BCUT2D eigenvalue weighted by atomic mass is 10.2. The highest BCUT2D eigenvalue weighted by Gasteiger charge is 2.38. The Kier molecular flexibility index (Phi) is 3.29. The molecule has 0 aliphatic carbocycles. The van der Waals surface area contributed by atoms with Crippen LogP contribution in [0.2, 0.25) is 0 Å². The van der Waals surface area contributed by atoms with E-state index < -0.39 is 17.4 Å². The highest BCUT2D eigenvalue weighted by Crippen LogP contribution is 2.39. The lowest BCUT2D eigenvalue weighted by Gasteiger charge is -2.05. The van der Waals surface area contributed by atoms with Crippen LogP contribution in [0.5, 0.6) is 0 Å². The third-order valence-electron chi connectivity index (χ3n) is 2.86. The average molecular weight is 334 g/mol. The van der Waals surface area contributed by atoms with Gasteiger partial charge in [-0.05, 0) is 11.4 Å². The van der Waals surface area contributed by atoms with Crippen LogP contribution in [0.25, 0.3) is 16.1 Å². The fourth-order valence-corrected chi connectivity index (χ4v) is 2.92. The Bertz CT molecular complexity index is 851. The first-order valence-corrected chi connectivity index (χ1v) is 7.15. The zero-order valence-electron chi connectivity index (χ0n) is 10.2. The van der Waals surface area contributed by atoms with Gasteiger partial charge in [0.25, 0.3) is 5.56 Å². The molecular formula is C12H7ClF3N3OS. The summed E-state index contributed by atoms with van der Waals surface area (Å²) in [5.41, 5.74) is -1.62. The summed E-state index contributed by atoms with van der Waals surface area (Å²) in [6, 6.07) is 4.28. The van der Waals surface area contributed by atoms with Crippen LogP contribution in [-0.4, -0.2) is 14.6 Å². The minimum atomic E-state index is -4.62. The van der Waals surface area contributed by atoms with Gasteiger partial charge in [-0.1, -0.05) is 6.07 Å². The van der Waals surface area contributed by atoms with Crippen molar-refractivity contribution in [1.82, 2.24) is 14.6 Å². The van der Waals surface area contributed by atoms with Gasteiger partial charge in [-0.25, -0.2) is 9.50 Å². The fourth-order valence-electron chi connectivity index (χ4n) is 2.01. The van der Waals surface area contributed by atoms with Crippen molar-refractivity contribution in [3.05, 3.63) is 45.3 Å². The first kappa shape index (κ1) is 14.2. The molecule has 0 fully saturated rings. The van der Waals surface area contributed by atoms with Crippen LogP contribution in [0, 0.1) is 0 Å². The highest BCUT2D eigenvalue weighted by molar-refractivity contribution is 7.13. The minimum Gasteiger partial charge on any atom is -0.284 e. The third-order valence-corrected chi connectivity index (χ3v) is 4.02. The number of rotatable bonds is 2. The molecule has 0 unspecified atom stereocenters. The van der Waals surface area contributed by atoms with E-state index >= 15 is 0 Å². The number of halogens is 4. The van der Waals surface area contributed by atoms with Gasteiger partial charge in [-0.15, -0.1) is 22.9 Å². The molecule has 3 aromatic heterocycles. The third kappa shape index (κ3) is 2.34. The van der Waals surface area contributed by atoms with Crippen LogP contribution in [-0.2, 0) is 12.1 Å². The molecule has 0 radical (unpaired) electrons. The first-order chi connectivity index (χ1) is 9.91. The number of fused-ring (bicyclic) bond motifs is 1. The molecule has 9 heteroatoms. The molecule has 110 valence electrons. The summed E-state index contributed by atoms with van der Waals surface area (Å²) in [7, 11) is 0. The SMILES string of the molecule is O=c1cc(CCl)nc2c(-c3cccs3)c(C(F)(F)F)[nH]n12. The van der Waals surface area contributed by atoms with Crippen molar-refractivity contribution in [2.75, 3.05) is 0 Å². The van der Waals surface area contributed by atoms with Gasteiger partial charge in [0.2, 0.25) is 0 Å². The van der Waals surface area contributed by atoms with E-state index in [0.717, 1.165) is 21.9 Å². The van der Waals surface area contributed by atoms with Crippen molar-refractivity contribution in [3.8, 4) is 10.4 Å². The average Bonchev–Trinajstić information content (AvgIpc) is 3.03. The zero-order chi connectivity index (χ0) is 15.2. The molecule has 3 rings (SSSR count). The number of hydrogen-bond acceptors (Lipinski definition) is 3. The van der Waals surface area contributed by atoms with Crippen LogP contribution < -0.4 is 5.56 Å². The summed E-state index contributed by atoms with van der Waals surface area (Å²) in [5.74, 6) is -0.0534. The van der Waals surface area contributed by atoms with Crippen LogP contribution in [0.1, 0.15) is 11.4 Å². The second-order valence-electron chi connectivity index (χ2n) is 4.22. The van der Waals surface area contributed by atoms with Gasteiger partial charge in [0.05, 0.1) is 17.1 Å². The van der Waals surface area contributed by atoms with Crippen molar-refractivity contribution in [1.29, 1.82) is 0 Å². The Hall–Kier alpha value is -1.80. The molecule has 0 atom stereocenters. The van der Waals surface area contributed by atoms with E-state index in [1.165, 1.54) is 0 Å². The molecule has 21 heavy (non-hydrogen) atoms. The van der Waals surface area contributed by atoms with Gasteiger partial charge >= 0.3 is 6.18 Å². The molecule has 1 N–H and O–H groups in total. The molecule has 0 aliphatic rings. The smallest absolute Gasteiger partial charge is 0.284 e. The number of thiophene rings is 1. The summed E-state index contributed by atoms with van der Waals surface area (Å²) < 4.78 is 40.4. The number of aromatic amines is 1. The lowest BCUT2D eigenvalue weighted by Crippen LogP contribution is -2.16. The van der Waals surface area contributed by atoms with Gasteiger partial charge in [-0.3, -0.25) is 9.89 Å². The van der Waals surface area contributed by atoms with E-state index in [1.807, 2.05) is 0 Å². The molecule has 0 spiro atoms. The Morgan fingerprint density at radius 3 is 2.76 bits per heavy atom. The maximum atomic E-state index is 13.2. The van der Waals surface area contributed by atoms with E-state index in [1.54, 1.807) is 17.5 Å². The summed E-state index contributed by atoms with van der Waals surface area (Å²) in [6.07, 6.45) is -4.62. The van der Waals surface area contributed by atoms with Gasteiger partial charge < -0.3 is 0 Å². The fraction of sp³-hybridized carbons (Fsp3) is 0.167. The summed E-state index contributed by atoms with van der Waals surface area (Å²) in [5, 5.41) is 3.75. The van der Waals surface area contributed by atoms with Crippen LogP contribution >= 0.6 is 22.9 Å². The highest BCUT2D eigenvalue weighted by atomic mass is 35.5.